The zero-order valence-corrected chi connectivity index (χ0v) is 24.3. The average molecular weight is 565 g/mol. The number of sulfonamides is 1. The molecule has 1 aromatic carbocycles. The Kier molecular flexibility index (Phi) is 6.52. The fraction of sp³-hybridized carbons (Fsp3) is 0.615. The van der Waals surface area contributed by atoms with Crippen molar-refractivity contribution in [2.75, 3.05) is 29.4 Å². The molecule has 1 spiro atoms. The molecular formula is C26H37N4O6PS. The van der Waals surface area contributed by atoms with Gasteiger partial charge in [0.15, 0.2) is 5.84 Å². The summed E-state index contributed by atoms with van der Waals surface area (Å²) in [4.78, 5) is 15.9. The van der Waals surface area contributed by atoms with Crippen LogP contribution in [0.1, 0.15) is 59.8 Å². The van der Waals surface area contributed by atoms with Crippen LogP contribution < -0.4 is 15.3 Å². The maximum absolute atomic E-state index is 14.1. The van der Waals surface area contributed by atoms with Crippen molar-refractivity contribution in [3.05, 3.63) is 29.5 Å². The molecule has 1 amide bonds. The molecule has 208 valence electrons. The topological polar surface area (TPSA) is 137 Å². The first-order valence-electron chi connectivity index (χ1n) is 13.2. The molecule has 2 saturated carbocycles. The lowest BCUT2D eigenvalue weighted by molar-refractivity contribution is -0.131. The number of fused-ring (bicyclic) bond motifs is 4. The van der Waals surface area contributed by atoms with Crippen LogP contribution in [-0.2, 0) is 23.9 Å². The Hall–Kier alpha value is -2.36. The normalized spacial score (nSPS) is 30.6. The summed E-state index contributed by atoms with van der Waals surface area (Å²) in [6.07, 6.45) is 5.56. The van der Waals surface area contributed by atoms with Gasteiger partial charge >= 0.3 is 7.52 Å². The molecule has 4 unspecified atom stereocenters. The molecule has 2 aliphatic carbocycles. The number of amidine groups is 1. The molecule has 2 fully saturated rings. The van der Waals surface area contributed by atoms with Gasteiger partial charge in [0.2, 0.25) is 10.0 Å². The Labute approximate surface area is 224 Å². The predicted molar refractivity (Wildman–Crippen MR) is 148 cm³/mol. The average Bonchev–Trinajstić information content (AvgIpc) is 3.45. The van der Waals surface area contributed by atoms with E-state index in [1.165, 1.54) is 12.1 Å². The minimum atomic E-state index is -3.90. The van der Waals surface area contributed by atoms with Gasteiger partial charge in [-0.15, -0.1) is 0 Å². The zero-order valence-electron chi connectivity index (χ0n) is 22.6. The highest BCUT2D eigenvalue weighted by atomic mass is 32.2. The number of aliphatic hydroxyl groups is 1. The first-order chi connectivity index (χ1) is 17.7. The fourth-order valence-electron chi connectivity index (χ4n) is 6.52. The van der Waals surface area contributed by atoms with Gasteiger partial charge in [-0.25, -0.2) is 8.42 Å². The Bertz CT molecular complexity index is 1400. The number of anilines is 2. The summed E-state index contributed by atoms with van der Waals surface area (Å²) in [5.41, 5.74) is -0.104. The number of nitrogens with zero attached hydrogens (tertiary/aromatic N) is 2. The van der Waals surface area contributed by atoms with Gasteiger partial charge in [-0.2, -0.15) is 4.76 Å². The van der Waals surface area contributed by atoms with E-state index in [0.29, 0.717) is 18.2 Å². The predicted octanol–water partition coefficient (Wildman–Crippen LogP) is 4.39. The molecular weight excluding hydrogens is 527 g/mol. The van der Waals surface area contributed by atoms with Crippen molar-refractivity contribution in [1.29, 1.82) is 0 Å². The minimum absolute atomic E-state index is 0.000606. The molecule has 1 aromatic rings. The van der Waals surface area contributed by atoms with Crippen molar-refractivity contribution >= 4 is 46.0 Å². The second-order valence-electron chi connectivity index (χ2n) is 12.1. The van der Waals surface area contributed by atoms with Crippen molar-refractivity contribution in [3.63, 3.8) is 0 Å². The summed E-state index contributed by atoms with van der Waals surface area (Å²) >= 11 is 0. The Balaban J connectivity index is 1.59. The number of benzene rings is 1. The third-order valence-electron chi connectivity index (χ3n) is 8.12. The van der Waals surface area contributed by atoms with E-state index in [1.54, 1.807) is 13.0 Å². The quantitative estimate of drug-likeness (QED) is 0.418. The van der Waals surface area contributed by atoms with Crippen LogP contribution in [0.4, 0.5) is 11.4 Å². The van der Waals surface area contributed by atoms with Gasteiger partial charge in [-0.3, -0.25) is 14.1 Å². The molecule has 4 aliphatic rings. The first kappa shape index (κ1) is 27.2. The molecule has 2 bridgehead atoms. The summed E-state index contributed by atoms with van der Waals surface area (Å²) in [5, 5.41) is 15.1. The van der Waals surface area contributed by atoms with Crippen molar-refractivity contribution in [3.8, 4) is 0 Å². The molecule has 0 radical (unpaired) electrons. The van der Waals surface area contributed by atoms with E-state index in [0.717, 1.165) is 38.4 Å². The van der Waals surface area contributed by atoms with Crippen LogP contribution in [0.5, 0.6) is 0 Å². The van der Waals surface area contributed by atoms with Gasteiger partial charge < -0.3 is 19.8 Å². The molecule has 2 heterocycles. The highest BCUT2D eigenvalue weighted by Gasteiger charge is 2.63. The van der Waals surface area contributed by atoms with Gasteiger partial charge in [0.25, 0.3) is 5.91 Å². The van der Waals surface area contributed by atoms with Crippen LogP contribution in [0, 0.1) is 17.3 Å². The van der Waals surface area contributed by atoms with Gasteiger partial charge in [-0.05, 0) is 74.5 Å². The lowest BCUT2D eigenvalue weighted by Gasteiger charge is -2.43. The van der Waals surface area contributed by atoms with Crippen molar-refractivity contribution in [2.24, 2.45) is 22.0 Å². The summed E-state index contributed by atoms with van der Waals surface area (Å²) in [7, 11) is -7.46. The van der Waals surface area contributed by atoms with Gasteiger partial charge in [0.1, 0.15) is 16.9 Å². The number of nitrogens with one attached hydrogen (secondary N) is 2. The summed E-state index contributed by atoms with van der Waals surface area (Å²) in [5.74, 6) is 0.363. The van der Waals surface area contributed by atoms with Crippen LogP contribution in [0.2, 0.25) is 0 Å². The van der Waals surface area contributed by atoms with Crippen LogP contribution in [0.15, 0.2) is 34.3 Å². The van der Waals surface area contributed by atoms with E-state index in [1.807, 2.05) is 4.90 Å². The molecule has 4 atom stereocenters. The highest BCUT2D eigenvalue weighted by Crippen LogP contribution is 2.60. The van der Waals surface area contributed by atoms with Gasteiger partial charge in [0.05, 0.1) is 23.9 Å². The molecule has 3 N–H and O–H groups in total. The van der Waals surface area contributed by atoms with E-state index >= 15 is 0 Å². The smallest absolute Gasteiger partial charge is 0.348 e. The fourth-order valence-corrected chi connectivity index (χ4v) is 8.88. The molecule has 0 saturated heterocycles. The highest BCUT2D eigenvalue weighted by molar-refractivity contribution is 7.92. The Morgan fingerprint density at radius 1 is 1.32 bits per heavy atom. The molecule has 5 rings (SSSR count). The standard InChI is InChI=1S/C26H37N4O6PS/c1-6-36-37(33)20-14-18(29-38(5,34)35)9-10-19(20)27-23(28-37)21-22(31)26(15-16-7-8-17(26)13-16)30(24(21)32)12-11-25(2,3)4/h9-10,14,16-17,29,31H,6-8,11-13,15H2,1-5H3,(H,27,28,33). The van der Waals surface area contributed by atoms with Gasteiger partial charge in [0, 0.05) is 12.2 Å². The molecule has 10 nitrogen and oxygen atoms in total. The molecule has 38 heavy (non-hydrogen) atoms. The molecule has 12 heteroatoms. The van der Waals surface area contributed by atoms with Gasteiger partial charge in [-0.1, -0.05) is 20.8 Å². The van der Waals surface area contributed by atoms with Crippen molar-refractivity contribution in [1.82, 2.24) is 4.90 Å². The minimum Gasteiger partial charge on any atom is -0.509 e. The van der Waals surface area contributed by atoms with E-state index < -0.39 is 23.1 Å². The van der Waals surface area contributed by atoms with Crippen LogP contribution in [0.3, 0.4) is 0 Å². The summed E-state index contributed by atoms with van der Waals surface area (Å²) < 4.78 is 50.0. The van der Waals surface area contributed by atoms with E-state index in [2.05, 4.69) is 35.6 Å². The third kappa shape index (κ3) is 4.56. The number of carbonyl (C=O) groups excluding carboxylic acids is 1. The van der Waals surface area contributed by atoms with Crippen LogP contribution in [-0.4, -0.2) is 55.1 Å². The second-order valence-corrected chi connectivity index (χ2v) is 15.8. The summed E-state index contributed by atoms with van der Waals surface area (Å²) in [6, 6.07) is 4.53. The zero-order chi connectivity index (χ0) is 27.7. The van der Waals surface area contributed by atoms with Crippen molar-refractivity contribution < 1.29 is 27.4 Å². The van der Waals surface area contributed by atoms with E-state index in [-0.39, 0.29) is 52.0 Å². The molecule has 2 aliphatic heterocycles. The van der Waals surface area contributed by atoms with Crippen molar-refractivity contribution in [2.45, 2.75) is 65.3 Å². The van der Waals surface area contributed by atoms with Crippen LogP contribution >= 0.6 is 7.52 Å². The lowest BCUT2D eigenvalue weighted by Crippen LogP contribution is -2.53. The van der Waals surface area contributed by atoms with E-state index in [9.17, 15) is 22.9 Å². The molecule has 0 aromatic heterocycles. The number of aliphatic hydroxyl groups excluding tert-OH is 1. The first-order valence-corrected chi connectivity index (χ1v) is 16.6. The Morgan fingerprint density at radius 3 is 2.63 bits per heavy atom. The number of rotatable bonds is 7. The maximum atomic E-state index is 14.1. The number of hydrogen-bond acceptors (Lipinski definition) is 7. The maximum Gasteiger partial charge on any atom is 0.348 e. The second kappa shape index (κ2) is 9.10. The number of hydrogen-bond donors (Lipinski definition) is 3. The third-order valence-corrected chi connectivity index (χ3v) is 10.8. The monoisotopic (exact) mass is 564 g/mol. The van der Waals surface area contributed by atoms with Crippen LogP contribution in [0.25, 0.3) is 0 Å². The SMILES string of the molecule is CCOP1(=O)N=C(C2=C(O)C3(CC4CCC3C4)N(CCC(C)(C)C)C2=O)Nc2ccc(NS(C)(=O)=O)cc21. The largest absolute Gasteiger partial charge is 0.509 e. The summed E-state index contributed by atoms with van der Waals surface area (Å²) in [6.45, 7) is 8.66. The lowest BCUT2D eigenvalue weighted by atomic mass is 9.78. The Morgan fingerprint density at radius 2 is 2.05 bits per heavy atom. The number of amides is 1. The van der Waals surface area contributed by atoms with E-state index in [4.69, 9.17) is 4.52 Å². The number of carbonyl (C=O) groups is 1.